The molecule has 0 unspecified atom stereocenters. The fraction of sp³-hybridized carbons (Fsp3) is 0.364. The summed E-state index contributed by atoms with van der Waals surface area (Å²) in [7, 11) is -3.85. The minimum atomic E-state index is -3.85. The Hall–Kier alpha value is -1.80. The second-order valence-corrected chi connectivity index (χ2v) is 5.04. The molecule has 0 saturated heterocycles. The number of nitrogens with two attached hydrogens (primary N) is 1. The molecule has 8 heteroatoms. The standard InChI is InChI=1S/C11H16N2O5S/c1-3-17-10-6-5-8(19(12,15)16)7-9(10)13-11(14)18-4-2/h5-7H,3-4H2,1-2H3,(H,13,14)(H2,12,15,16). The van der Waals surface area contributed by atoms with Crippen molar-refractivity contribution in [2.75, 3.05) is 18.5 Å². The molecule has 0 saturated carbocycles. The van der Waals surface area contributed by atoms with Gasteiger partial charge in [0.1, 0.15) is 5.75 Å². The molecule has 3 N–H and O–H groups in total. The molecule has 0 bridgehead atoms. The van der Waals surface area contributed by atoms with E-state index in [2.05, 4.69) is 5.32 Å². The Bertz CT molecular complexity index is 556. The summed E-state index contributed by atoms with van der Waals surface area (Å²) in [5.41, 5.74) is 0.187. The first kappa shape index (κ1) is 15.3. The Balaban J connectivity index is 3.12. The van der Waals surface area contributed by atoms with Crippen LogP contribution in [-0.4, -0.2) is 27.7 Å². The third-order valence-corrected chi connectivity index (χ3v) is 3.00. The topological polar surface area (TPSA) is 108 Å². The van der Waals surface area contributed by atoms with Gasteiger partial charge in [0, 0.05) is 0 Å². The lowest BCUT2D eigenvalue weighted by Gasteiger charge is -2.12. The van der Waals surface area contributed by atoms with Gasteiger partial charge in [0.25, 0.3) is 0 Å². The van der Waals surface area contributed by atoms with E-state index in [1.165, 1.54) is 18.2 Å². The number of benzene rings is 1. The summed E-state index contributed by atoms with van der Waals surface area (Å²) in [6.07, 6.45) is -0.699. The molecule has 0 heterocycles. The zero-order chi connectivity index (χ0) is 14.5. The third-order valence-electron chi connectivity index (χ3n) is 2.09. The van der Waals surface area contributed by atoms with Crippen LogP contribution >= 0.6 is 0 Å². The lowest BCUT2D eigenvalue weighted by molar-refractivity contribution is 0.167. The first-order chi connectivity index (χ1) is 8.88. The summed E-state index contributed by atoms with van der Waals surface area (Å²) in [6, 6.07) is 3.94. The number of hydrogen-bond acceptors (Lipinski definition) is 5. The van der Waals surface area contributed by atoms with E-state index in [4.69, 9.17) is 14.6 Å². The van der Waals surface area contributed by atoms with Gasteiger partial charge in [0.15, 0.2) is 0 Å². The van der Waals surface area contributed by atoms with E-state index in [0.29, 0.717) is 12.4 Å². The average molecular weight is 288 g/mol. The maximum absolute atomic E-state index is 11.4. The summed E-state index contributed by atoms with van der Waals surface area (Å²) in [5.74, 6) is 0.336. The zero-order valence-electron chi connectivity index (χ0n) is 10.7. The molecule has 1 aromatic carbocycles. The minimum absolute atomic E-state index is 0.122. The van der Waals surface area contributed by atoms with E-state index < -0.39 is 16.1 Å². The van der Waals surface area contributed by atoms with Crippen molar-refractivity contribution >= 4 is 21.8 Å². The molecule has 1 amide bonds. The smallest absolute Gasteiger partial charge is 0.411 e. The van der Waals surface area contributed by atoms with Crippen molar-refractivity contribution in [3.63, 3.8) is 0 Å². The van der Waals surface area contributed by atoms with Gasteiger partial charge >= 0.3 is 6.09 Å². The molecule has 19 heavy (non-hydrogen) atoms. The number of amides is 1. The summed E-state index contributed by atoms with van der Waals surface area (Å²) in [4.78, 5) is 11.2. The number of rotatable bonds is 5. The van der Waals surface area contributed by atoms with Crippen LogP contribution in [0.1, 0.15) is 13.8 Å². The Morgan fingerprint density at radius 1 is 1.32 bits per heavy atom. The normalized spacial score (nSPS) is 10.9. The van der Waals surface area contributed by atoms with E-state index >= 15 is 0 Å². The predicted molar refractivity (Wildman–Crippen MR) is 69.6 cm³/mol. The summed E-state index contributed by atoms with van der Waals surface area (Å²) < 4.78 is 32.5. The van der Waals surface area contributed by atoms with Crippen LogP contribution in [0.2, 0.25) is 0 Å². The largest absolute Gasteiger partial charge is 0.492 e. The highest BCUT2D eigenvalue weighted by Gasteiger charge is 2.14. The van der Waals surface area contributed by atoms with Gasteiger partial charge in [-0.15, -0.1) is 0 Å². The van der Waals surface area contributed by atoms with Crippen LogP contribution in [0, 0.1) is 0 Å². The van der Waals surface area contributed by atoms with E-state index in [-0.39, 0.29) is 17.2 Å². The van der Waals surface area contributed by atoms with E-state index in [0.717, 1.165) is 0 Å². The number of sulfonamides is 1. The van der Waals surface area contributed by atoms with Gasteiger partial charge in [-0.2, -0.15) is 0 Å². The van der Waals surface area contributed by atoms with Crippen LogP contribution < -0.4 is 15.2 Å². The summed E-state index contributed by atoms with van der Waals surface area (Å²) in [5, 5.41) is 7.43. The molecule has 0 fully saturated rings. The second kappa shape index (κ2) is 6.39. The van der Waals surface area contributed by atoms with Crippen LogP contribution in [-0.2, 0) is 14.8 Å². The SMILES string of the molecule is CCOC(=O)Nc1cc(S(N)(=O)=O)ccc1OCC. The number of carbonyl (C=O) groups excluding carboxylic acids is 1. The van der Waals surface area contributed by atoms with Crippen molar-refractivity contribution in [2.24, 2.45) is 5.14 Å². The number of ether oxygens (including phenoxy) is 2. The molecular formula is C11H16N2O5S. The minimum Gasteiger partial charge on any atom is -0.492 e. The van der Waals surface area contributed by atoms with Gasteiger partial charge in [-0.05, 0) is 32.0 Å². The van der Waals surface area contributed by atoms with Crippen LogP contribution in [0.25, 0.3) is 0 Å². The van der Waals surface area contributed by atoms with Gasteiger partial charge in [-0.1, -0.05) is 0 Å². The molecule has 106 valence electrons. The van der Waals surface area contributed by atoms with Crippen molar-refractivity contribution < 1.29 is 22.7 Å². The molecule has 0 atom stereocenters. The molecule has 0 aromatic heterocycles. The van der Waals surface area contributed by atoms with Crippen LogP contribution in [0.3, 0.4) is 0 Å². The number of nitrogens with one attached hydrogen (secondary N) is 1. The Morgan fingerprint density at radius 2 is 2.00 bits per heavy atom. The van der Waals surface area contributed by atoms with E-state index in [1.54, 1.807) is 13.8 Å². The highest BCUT2D eigenvalue weighted by molar-refractivity contribution is 7.89. The molecule has 1 rings (SSSR count). The van der Waals surface area contributed by atoms with Gasteiger partial charge in [0.2, 0.25) is 10.0 Å². The van der Waals surface area contributed by atoms with Crippen LogP contribution in [0.5, 0.6) is 5.75 Å². The third kappa shape index (κ3) is 4.42. The second-order valence-electron chi connectivity index (χ2n) is 3.48. The van der Waals surface area contributed by atoms with Crippen molar-refractivity contribution in [2.45, 2.75) is 18.7 Å². The predicted octanol–water partition coefficient (Wildman–Crippen LogP) is 1.30. The fourth-order valence-corrected chi connectivity index (χ4v) is 1.88. The van der Waals surface area contributed by atoms with Crippen molar-refractivity contribution in [3.05, 3.63) is 18.2 Å². The van der Waals surface area contributed by atoms with Crippen LogP contribution in [0.4, 0.5) is 10.5 Å². The number of carbonyl (C=O) groups is 1. The lowest BCUT2D eigenvalue weighted by atomic mass is 10.3. The highest BCUT2D eigenvalue weighted by Crippen LogP contribution is 2.27. The van der Waals surface area contributed by atoms with Crippen molar-refractivity contribution in [1.29, 1.82) is 0 Å². The number of hydrogen-bond donors (Lipinski definition) is 2. The molecular weight excluding hydrogens is 272 g/mol. The van der Waals surface area contributed by atoms with Crippen LogP contribution in [0.15, 0.2) is 23.1 Å². The molecule has 0 aliphatic carbocycles. The Morgan fingerprint density at radius 3 is 2.53 bits per heavy atom. The molecule has 7 nitrogen and oxygen atoms in total. The van der Waals surface area contributed by atoms with Crippen molar-refractivity contribution in [1.82, 2.24) is 0 Å². The van der Waals surface area contributed by atoms with Crippen molar-refractivity contribution in [3.8, 4) is 5.75 Å². The summed E-state index contributed by atoms with van der Waals surface area (Å²) in [6.45, 7) is 3.99. The van der Waals surface area contributed by atoms with Gasteiger partial charge < -0.3 is 9.47 Å². The maximum Gasteiger partial charge on any atom is 0.411 e. The summed E-state index contributed by atoms with van der Waals surface area (Å²) >= 11 is 0. The molecule has 0 aliphatic rings. The molecule has 0 aliphatic heterocycles. The Kier molecular flexibility index (Phi) is 5.13. The first-order valence-corrected chi connectivity index (χ1v) is 7.16. The monoisotopic (exact) mass is 288 g/mol. The first-order valence-electron chi connectivity index (χ1n) is 5.62. The molecule has 0 radical (unpaired) electrons. The lowest BCUT2D eigenvalue weighted by Crippen LogP contribution is -2.16. The van der Waals surface area contributed by atoms with E-state index in [1.807, 2.05) is 0 Å². The zero-order valence-corrected chi connectivity index (χ0v) is 11.5. The maximum atomic E-state index is 11.4. The quantitative estimate of drug-likeness (QED) is 0.849. The Labute approximate surface area is 111 Å². The molecule has 0 spiro atoms. The number of anilines is 1. The van der Waals surface area contributed by atoms with Gasteiger partial charge in [0.05, 0.1) is 23.8 Å². The van der Waals surface area contributed by atoms with E-state index in [9.17, 15) is 13.2 Å². The molecule has 1 aromatic rings. The van der Waals surface area contributed by atoms with Gasteiger partial charge in [-0.25, -0.2) is 18.4 Å². The number of primary sulfonamides is 1. The highest BCUT2D eigenvalue weighted by atomic mass is 32.2. The fourth-order valence-electron chi connectivity index (χ4n) is 1.34. The average Bonchev–Trinajstić information content (AvgIpc) is 2.30. The van der Waals surface area contributed by atoms with Gasteiger partial charge in [-0.3, -0.25) is 5.32 Å².